The molecule has 0 saturated carbocycles. The maximum absolute atomic E-state index is 12.5. The second-order valence-corrected chi connectivity index (χ2v) is 10.1. The van der Waals surface area contributed by atoms with Gasteiger partial charge >= 0.3 is 0 Å². The highest BCUT2D eigenvalue weighted by Gasteiger charge is 2.38. The molecule has 162 valence electrons. The van der Waals surface area contributed by atoms with E-state index in [2.05, 4.69) is 5.16 Å². The van der Waals surface area contributed by atoms with Crippen LogP contribution < -0.4 is 5.73 Å². The van der Waals surface area contributed by atoms with Gasteiger partial charge in [0.05, 0.1) is 4.90 Å². The lowest BCUT2D eigenvalue weighted by Gasteiger charge is -2.39. The minimum absolute atomic E-state index is 0.0911. The van der Waals surface area contributed by atoms with Crippen LogP contribution in [0, 0.1) is 0 Å². The predicted octanol–water partition coefficient (Wildman–Crippen LogP) is 1.97. The van der Waals surface area contributed by atoms with E-state index in [9.17, 15) is 18.0 Å². The average molecular weight is 462 g/mol. The van der Waals surface area contributed by atoms with Gasteiger partial charge in [0.2, 0.25) is 6.10 Å². The van der Waals surface area contributed by atoms with Crippen LogP contribution in [0.4, 0.5) is 0 Å². The molecule has 31 heavy (non-hydrogen) atoms. The Kier molecular flexibility index (Phi) is 5.49. The third-order valence-corrected chi connectivity index (χ3v) is 6.81. The largest absolute Gasteiger partial charge is 0.382 e. The number of halogens is 1. The fraction of sp³-hybridized carbons (Fsp3) is 0.286. The molecule has 8 nitrogen and oxygen atoms in total. The van der Waals surface area contributed by atoms with E-state index >= 15 is 0 Å². The summed E-state index contributed by atoms with van der Waals surface area (Å²) >= 11 is 5.98. The number of carbonyl (C=O) groups excluding carboxylic acids is 2. The molecular weight excluding hydrogens is 442 g/mol. The maximum atomic E-state index is 12.5. The van der Waals surface area contributed by atoms with Crippen LogP contribution >= 0.6 is 11.6 Å². The predicted molar refractivity (Wildman–Crippen MR) is 115 cm³/mol. The van der Waals surface area contributed by atoms with E-state index in [-0.39, 0.29) is 28.9 Å². The van der Waals surface area contributed by atoms with Crippen LogP contribution in [0.1, 0.15) is 17.9 Å². The van der Waals surface area contributed by atoms with Gasteiger partial charge in [0, 0.05) is 42.3 Å². The van der Waals surface area contributed by atoms with Crippen LogP contribution in [0.5, 0.6) is 0 Å². The Labute approximate surface area is 184 Å². The normalized spacial score (nSPS) is 18.8. The highest BCUT2D eigenvalue weighted by Crippen LogP contribution is 2.33. The molecular formula is C21H20ClN3O5S. The van der Waals surface area contributed by atoms with E-state index in [0.717, 1.165) is 17.4 Å². The number of hydrogen-bond acceptors (Lipinski definition) is 6. The van der Waals surface area contributed by atoms with E-state index < -0.39 is 21.8 Å². The SMILES string of the molecule is CS(=O)(=O)c1cc(Cl)ccc1-c1ccc(C2CN(C(=O)C3=NOC(C(N)=O)C3)C2)cc1. The number of oxime groups is 1. The van der Waals surface area contributed by atoms with Gasteiger partial charge in [-0.1, -0.05) is 47.1 Å². The zero-order chi connectivity index (χ0) is 22.3. The molecule has 2 aliphatic rings. The van der Waals surface area contributed by atoms with Gasteiger partial charge in [-0.2, -0.15) is 0 Å². The van der Waals surface area contributed by atoms with Crippen molar-refractivity contribution in [2.45, 2.75) is 23.3 Å². The summed E-state index contributed by atoms with van der Waals surface area (Å²) < 4.78 is 24.3. The molecule has 2 N–H and O–H groups in total. The third kappa shape index (κ3) is 4.28. The number of likely N-dealkylation sites (tertiary alicyclic amines) is 1. The summed E-state index contributed by atoms with van der Waals surface area (Å²) in [6.07, 6.45) is 0.364. The summed E-state index contributed by atoms with van der Waals surface area (Å²) in [5.41, 5.74) is 7.78. The van der Waals surface area contributed by atoms with E-state index in [0.29, 0.717) is 23.7 Å². The van der Waals surface area contributed by atoms with Gasteiger partial charge in [-0.15, -0.1) is 0 Å². The Morgan fingerprint density at radius 3 is 2.42 bits per heavy atom. The number of rotatable bonds is 5. The molecule has 2 aromatic carbocycles. The molecule has 2 amide bonds. The fourth-order valence-electron chi connectivity index (χ4n) is 3.67. The molecule has 1 atom stereocenters. The van der Waals surface area contributed by atoms with Crippen molar-refractivity contribution < 1.29 is 22.8 Å². The first-order valence-electron chi connectivity index (χ1n) is 9.54. The molecule has 4 rings (SSSR count). The minimum Gasteiger partial charge on any atom is -0.382 e. The van der Waals surface area contributed by atoms with Crippen molar-refractivity contribution >= 4 is 39.0 Å². The van der Waals surface area contributed by atoms with Crippen LogP contribution in [0.25, 0.3) is 11.1 Å². The number of hydrogen-bond donors (Lipinski definition) is 1. The standard InChI is InChI=1S/C21H20ClN3O5S/c1-31(28,29)19-8-15(22)6-7-16(19)13-4-2-12(3-5-13)14-10-25(11-14)21(27)17-9-18(20(23)26)30-24-17/h2-8,14,18H,9-11H2,1H3,(H2,23,26). The lowest BCUT2D eigenvalue weighted by Crippen LogP contribution is -2.51. The lowest BCUT2D eigenvalue weighted by atomic mass is 9.89. The number of benzene rings is 2. The number of carbonyl (C=O) groups is 2. The zero-order valence-electron chi connectivity index (χ0n) is 16.6. The highest BCUT2D eigenvalue weighted by molar-refractivity contribution is 7.90. The summed E-state index contributed by atoms with van der Waals surface area (Å²) in [5.74, 6) is -0.740. The molecule has 2 aliphatic heterocycles. The fourth-order valence-corrected chi connectivity index (χ4v) is 4.83. The van der Waals surface area contributed by atoms with Crippen molar-refractivity contribution in [1.29, 1.82) is 0 Å². The van der Waals surface area contributed by atoms with Gasteiger partial charge in [-0.25, -0.2) is 8.42 Å². The number of nitrogens with zero attached hydrogens (tertiary/aromatic N) is 2. The summed E-state index contributed by atoms with van der Waals surface area (Å²) in [4.78, 5) is 30.3. The van der Waals surface area contributed by atoms with Crippen molar-refractivity contribution in [3.63, 3.8) is 0 Å². The number of nitrogens with two attached hydrogens (primary N) is 1. The minimum atomic E-state index is -3.44. The zero-order valence-corrected chi connectivity index (χ0v) is 18.2. The molecule has 0 spiro atoms. The van der Waals surface area contributed by atoms with Gasteiger partial charge in [0.1, 0.15) is 5.71 Å². The van der Waals surface area contributed by atoms with Crippen molar-refractivity contribution in [2.75, 3.05) is 19.3 Å². The number of amides is 2. The van der Waals surface area contributed by atoms with Crippen LogP contribution in [0.2, 0.25) is 5.02 Å². The average Bonchev–Trinajstić information content (AvgIpc) is 3.17. The van der Waals surface area contributed by atoms with Crippen LogP contribution in [0.3, 0.4) is 0 Å². The van der Waals surface area contributed by atoms with E-state index in [1.165, 1.54) is 6.07 Å². The van der Waals surface area contributed by atoms with Crippen LogP contribution in [-0.2, 0) is 24.3 Å². The lowest BCUT2D eigenvalue weighted by molar-refractivity contribution is -0.128. The van der Waals surface area contributed by atoms with E-state index in [1.807, 2.05) is 24.3 Å². The first-order valence-corrected chi connectivity index (χ1v) is 11.8. The molecule has 2 heterocycles. The Balaban J connectivity index is 1.43. The summed E-state index contributed by atoms with van der Waals surface area (Å²) in [7, 11) is -3.44. The molecule has 0 radical (unpaired) electrons. The van der Waals surface area contributed by atoms with E-state index in [1.54, 1.807) is 17.0 Å². The molecule has 2 aromatic rings. The molecule has 1 fully saturated rings. The molecule has 0 aromatic heterocycles. The van der Waals surface area contributed by atoms with Gasteiger partial charge in [0.15, 0.2) is 9.84 Å². The monoisotopic (exact) mass is 461 g/mol. The van der Waals surface area contributed by atoms with Gasteiger partial charge in [0.25, 0.3) is 11.8 Å². The molecule has 1 saturated heterocycles. The van der Waals surface area contributed by atoms with Crippen LogP contribution in [-0.4, -0.2) is 56.3 Å². The summed E-state index contributed by atoms with van der Waals surface area (Å²) in [6.45, 7) is 1.04. The van der Waals surface area contributed by atoms with Crippen molar-refractivity contribution in [3.05, 3.63) is 53.1 Å². The van der Waals surface area contributed by atoms with Crippen molar-refractivity contribution in [3.8, 4) is 11.1 Å². The Morgan fingerprint density at radius 2 is 1.84 bits per heavy atom. The molecule has 0 aliphatic carbocycles. The Hall–Kier alpha value is -2.91. The maximum Gasteiger partial charge on any atom is 0.271 e. The highest BCUT2D eigenvalue weighted by atomic mass is 35.5. The van der Waals surface area contributed by atoms with Gasteiger partial charge in [-0.05, 0) is 23.3 Å². The Morgan fingerprint density at radius 1 is 1.16 bits per heavy atom. The van der Waals surface area contributed by atoms with Crippen LogP contribution in [0.15, 0.2) is 52.5 Å². The summed E-state index contributed by atoms with van der Waals surface area (Å²) in [5, 5.41) is 4.05. The topological polar surface area (TPSA) is 119 Å². The van der Waals surface area contributed by atoms with Crippen molar-refractivity contribution in [2.24, 2.45) is 10.9 Å². The number of primary amides is 1. The quantitative estimate of drug-likeness (QED) is 0.730. The molecule has 0 bridgehead atoms. The molecule has 10 heteroatoms. The van der Waals surface area contributed by atoms with Crippen molar-refractivity contribution in [1.82, 2.24) is 4.90 Å². The third-order valence-electron chi connectivity index (χ3n) is 5.44. The van der Waals surface area contributed by atoms with E-state index in [4.69, 9.17) is 22.2 Å². The first kappa shape index (κ1) is 21.3. The molecule has 1 unspecified atom stereocenters. The van der Waals surface area contributed by atoms with Gasteiger partial charge < -0.3 is 15.5 Å². The van der Waals surface area contributed by atoms with Gasteiger partial charge in [-0.3, -0.25) is 9.59 Å². The number of sulfone groups is 1. The smallest absolute Gasteiger partial charge is 0.271 e. The Bertz CT molecular complexity index is 1190. The first-order chi connectivity index (χ1) is 14.6. The second-order valence-electron chi connectivity index (χ2n) is 7.68. The second kappa shape index (κ2) is 7.97. The summed E-state index contributed by atoms with van der Waals surface area (Å²) in [6, 6.07) is 12.4.